The Balaban J connectivity index is 4.23. The third-order valence-corrected chi connectivity index (χ3v) is 2.55. The van der Waals surface area contributed by atoms with E-state index in [0.717, 1.165) is 0 Å². The van der Waals surface area contributed by atoms with Gasteiger partial charge in [-0.2, -0.15) is 0 Å². The van der Waals surface area contributed by atoms with Crippen LogP contribution in [-0.2, 0) is 0 Å². The zero-order valence-electron chi connectivity index (χ0n) is 7.45. The van der Waals surface area contributed by atoms with Gasteiger partial charge in [-0.05, 0) is 18.8 Å². The van der Waals surface area contributed by atoms with Crippen molar-refractivity contribution in [1.82, 2.24) is 0 Å². The Kier molecular flexibility index (Phi) is 3.34. The van der Waals surface area contributed by atoms with Crippen molar-refractivity contribution in [3.05, 3.63) is 6.92 Å². The van der Waals surface area contributed by atoms with Crippen molar-refractivity contribution in [2.75, 3.05) is 6.67 Å². The standard InChI is InChI=1S/C9H18F/c1-7(2)9(5,6-10)8(3)4/h7-8H,5-6H2,1-4H3. The molecular weight excluding hydrogens is 127 g/mol. The van der Waals surface area contributed by atoms with Crippen LogP contribution in [0.25, 0.3) is 0 Å². The van der Waals surface area contributed by atoms with Crippen LogP contribution in [0.2, 0.25) is 0 Å². The first-order chi connectivity index (χ1) is 4.45. The van der Waals surface area contributed by atoms with E-state index in [9.17, 15) is 4.39 Å². The molecule has 0 unspecified atom stereocenters. The molecule has 0 heterocycles. The summed E-state index contributed by atoms with van der Waals surface area (Å²) in [5.74, 6) is 0.634. The van der Waals surface area contributed by atoms with E-state index in [2.05, 4.69) is 6.92 Å². The predicted octanol–water partition coefficient (Wildman–Crippen LogP) is 3.09. The average molecular weight is 145 g/mol. The smallest absolute Gasteiger partial charge is 0.0955 e. The van der Waals surface area contributed by atoms with Crippen LogP contribution in [0.3, 0.4) is 0 Å². The molecule has 0 fully saturated rings. The number of alkyl halides is 1. The van der Waals surface area contributed by atoms with E-state index in [1.54, 1.807) is 0 Å². The van der Waals surface area contributed by atoms with E-state index < -0.39 is 0 Å². The van der Waals surface area contributed by atoms with Crippen molar-refractivity contribution in [3.8, 4) is 0 Å². The lowest BCUT2D eigenvalue weighted by Crippen LogP contribution is -2.32. The van der Waals surface area contributed by atoms with Crippen LogP contribution in [0.15, 0.2) is 0 Å². The number of halogens is 1. The zero-order valence-corrected chi connectivity index (χ0v) is 7.45. The van der Waals surface area contributed by atoms with Crippen molar-refractivity contribution < 1.29 is 4.39 Å². The predicted molar refractivity (Wildman–Crippen MR) is 43.4 cm³/mol. The molecule has 0 saturated heterocycles. The minimum atomic E-state index is -0.375. The monoisotopic (exact) mass is 145 g/mol. The molecule has 0 aromatic heterocycles. The van der Waals surface area contributed by atoms with Crippen molar-refractivity contribution in [2.45, 2.75) is 27.7 Å². The summed E-state index contributed by atoms with van der Waals surface area (Å²) in [7, 11) is 0. The summed E-state index contributed by atoms with van der Waals surface area (Å²) in [5.41, 5.74) is -0.375. The fourth-order valence-electron chi connectivity index (χ4n) is 0.975. The second kappa shape index (κ2) is 3.36. The van der Waals surface area contributed by atoms with Crippen molar-refractivity contribution in [1.29, 1.82) is 0 Å². The van der Waals surface area contributed by atoms with Gasteiger partial charge >= 0.3 is 0 Å². The van der Waals surface area contributed by atoms with Crippen LogP contribution in [0.5, 0.6) is 0 Å². The Morgan fingerprint density at radius 3 is 1.50 bits per heavy atom. The molecule has 0 aliphatic heterocycles. The molecule has 0 aromatic rings. The molecule has 0 nitrogen and oxygen atoms in total. The number of rotatable bonds is 3. The van der Waals surface area contributed by atoms with Gasteiger partial charge in [-0.1, -0.05) is 27.7 Å². The van der Waals surface area contributed by atoms with Gasteiger partial charge in [-0.25, -0.2) is 0 Å². The SMILES string of the molecule is [CH2]C(CF)(C(C)C)C(C)C. The van der Waals surface area contributed by atoms with Gasteiger partial charge in [-0.15, -0.1) is 0 Å². The first-order valence-electron chi connectivity index (χ1n) is 3.86. The summed E-state index contributed by atoms with van der Waals surface area (Å²) in [4.78, 5) is 0. The van der Waals surface area contributed by atoms with Crippen LogP contribution < -0.4 is 0 Å². The van der Waals surface area contributed by atoms with E-state index in [4.69, 9.17) is 0 Å². The van der Waals surface area contributed by atoms with E-state index in [1.165, 1.54) is 0 Å². The fraction of sp³-hybridized carbons (Fsp3) is 0.889. The van der Waals surface area contributed by atoms with E-state index in [1.807, 2.05) is 27.7 Å². The van der Waals surface area contributed by atoms with Crippen LogP contribution in [0, 0.1) is 24.2 Å². The van der Waals surface area contributed by atoms with E-state index >= 15 is 0 Å². The largest absolute Gasteiger partial charge is 0.250 e. The second-order valence-corrected chi connectivity index (χ2v) is 3.68. The minimum absolute atomic E-state index is 0.317. The first-order valence-corrected chi connectivity index (χ1v) is 3.86. The molecule has 0 aromatic carbocycles. The van der Waals surface area contributed by atoms with Gasteiger partial charge in [0.1, 0.15) is 0 Å². The van der Waals surface area contributed by atoms with Gasteiger partial charge in [0.15, 0.2) is 0 Å². The topological polar surface area (TPSA) is 0 Å². The Hall–Kier alpha value is -0.0700. The third-order valence-electron chi connectivity index (χ3n) is 2.55. The lowest BCUT2D eigenvalue weighted by molar-refractivity contribution is 0.127. The van der Waals surface area contributed by atoms with Gasteiger partial charge in [0.2, 0.25) is 0 Å². The number of hydrogen-bond acceptors (Lipinski definition) is 0. The number of hydrogen-bond donors (Lipinski definition) is 0. The van der Waals surface area contributed by atoms with Crippen LogP contribution >= 0.6 is 0 Å². The normalized spacial score (nSPS) is 13.2. The molecule has 0 saturated carbocycles. The molecule has 1 radical (unpaired) electrons. The lowest BCUT2D eigenvalue weighted by Gasteiger charge is -2.34. The Bertz CT molecular complexity index is 86.9. The molecular formula is C9H18F. The fourth-order valence-corrected chi connectivity index (χ4v) is 0.975. The Morgan fingerprint density at radius 1 is 1.20 bits per heavy atom. The highest BCUT2D eigenvalue weighted by atomic mass is 19.1. The van der Waals surface area contributed by atoms with Crippen LogP contribution in [0.4, 0.5) is 4.39 Å². The van der Waals surface area contributed by atoms with E-state index in [0.29, 0.717) is 11.8 Å². The average Bonchev–Trinajstić information content (AvgIpc) is 1.85. The highest BCUT2D eigenvalue weighted by Crippen LogP contribution is 2.34. The molecule has 0 aliphatic rings. The Morgan fingerprint density at radius 2 is 1.50 bits per heavy atom. The van der Waals surface area contributed by atoms with Crippen molar-refractivity contribution >= 4 is 0 Å². The maximum absolute atomic E-state index is 12.5. The molecule has 0 rings (SSSR count). The molecule has 10 heavy (non-hydrogen) atoms. The second-order valence-electron chi connectivity index (χ2n) is 3.68. The first kappa shape index (κ1) is 9.93. The molecule has 0 N–H and O–H groups in total. The van der Waals surface area contributed by atoms with Crippen molar-refractivity contribution in [3.63, 3.8) is 0 Å². The Labute approximate surface area is 63.8 Å². The van der Waals surface area contributed by atoms with Crippen molar-refractivity contribution in [2.24, 2.45) is 17.3 Å². The highest BCUT2D eigenvalue weighted by molar-refractivity contribution is 4.87. The molecule has 0 spiro atoms. The maximum Gasteiger partial charge on any atom is 0.0955 e. The third kappa shape index (κ3) is 1.71. The van der Waals surface area contributed by atoms with Gasteiger partial charge in [-0.3, -0.25) is 4.39 Å². The van der Waals surface area contributed by atoms with Gasteiger partial charge < -0.3 is 0 Å². The molecule has 0 bridgehead atoms. The summed E-state index contributed by atoms with van der Waals surface area (Å²) < 4.78 is 12.5. The molecule has 0 amide bonds. The van der Waals surface area contributed by atoms with Gasteiger partial charge in [0, 0.05) is 5.41 Å². The van der Waals surface area contributed by atoms with Crippen LogP contribution in [0.1, 0.15) is 27.7 Å². The summed E-state index contributed by atoms with van der Waals surface area (Å²) in [5, 5.41) is 0. The summed E-state index contributed by atoms with van der Waals surface area (Å²) in [6.45, 7) is 11.7. The lowest BCUT2D eigenvalue weighted by atomic mass is 9.72. The molecule has 0 aliphatic carbocycles. The molecule has 0 atom stereocenters. The van der Waals surface area contributed by atoms with Gasteiger partial charge in [0.25, 0.3) is 0 Å². The maximum atomic E-state index is 12.5. The van der Waals surface area contributed by atoms with Gasteiger partial charge in [0.05, 0.1) is 6.67 Å². The van der Waals surface area contributed by atoms with Crippen LogP contribution in [-0.4, -0.2) is 6.67 Å². The quantitative estimate of drug-likeness (QED) is 0.572. The highest BCUT2D eigenvalue weighted by Gasteiger charge is 2.31. The molecule has 61 valence electrons. The minimum Gasteiger partial charge on any atom is -0.250 e. The summed E-state index contributed by atoms with van der Waals surface area (Å²) >= 11 is 0. The zero-order chi connectivity index (χ0) is 8.36. The summed E-state index contributed by atoms with van der Waals surface area (Å²) in [6.07, 6.45) is 0. The molecule has 1 heteroatoms. The summed E-state index contributed by atoms with van der Waals surface area (Å²) in [6, 6.07) is 0. The van der Waals surface area contributed by atoms with E-state index in [-0.39, 0.29) is 12.1 Å².